The van der Waals surface area contributed by atoms with E-state index in [1.807, 2.05) is 0 Å². The quantitative estimate of drug-likeness (QED) is 0.772. The number of rotatable bonds is 2. The van der Waals surface area contributed by atoms with Gasteiger partial charge in [0, 0.05) is 17.9 Å². The molecule has 1 heterocycles. The van der Waals surface area contributed by atoms with E-state index in [4.69, 9.17) is 10.0 Å². The van der Waals surface area contributed by atoms with Crippen LogP contribution in [0.4, 0.5) is 13.2 Å². The van der Waals surface area contributed by atoms with E-state index in [1.165, 1.54) is 18.2 Å². The Morgan fingerprint density at radius 1 is 1.17 bits per heavy atom. The highest BCUT2D eigenvalue weighted by Gasteiger charge is 2.34. The Morgan fingerprint density at radius 3 is 2.39 bits per heavy atom. The Kier molecular flexibility index (Phi) is 3.14. The summed E-state index contributed by atoms with van der Waals surface area (Å²) < 4.78 is 39.2. The number of halogens is 3. The van der Waals surface area contributed by atoms with Crippen LogP contribution in [-0.4, -0.2) is 26.9 Å². The molecule has 2 rings (SSSR count). The van der Waals surface area contributed by atoms with Crippen LogP contribution < -0.4 is 5.46 Å². The summed E-state index contributed by atoms with van der Waals surface area (Å²) in [5.74, 6) is 0. The highest BCUT2D eigenvalue weighted by atomic mass is 19.4. The van der Waals surface area contributed by atoms with Crippen LogP contribution in [0.15, 0.2) is 36.7 Å². The average molecular weight is 256 g/mol. The second-order valence-corrected chi connectivity index (χ2v) is 3.61. The Hall–Kier alpha value is -1.80. The first-order valence-corrected chi connectivity index (χ1v) is 4.97. The van der Waals surface area contributed by atoms with Crippen molar-refractivity contribution < 1.29 is 23.2 Å². The average Bonchev–Trinajstić information content (AvgIpc) is 2.77. The van der Waals surface area contributed by atoms with Crippen LogP contribution in [0.3, 0.4) is 0 Å². The molecular formula is C10H8BF3N2O2. The van der Waals surface area contributed by atoms with Crippen LogP contribution >= 0.6 is 0 Å². The van der Waals surface area contributed by atoms with Crippen molar-refractivity contribution in [1.29, 1.82) is 0 Å². The zero-order valence-corrected chi connectivity index (χ0v) is 8.96. The van der Waals surface area contributed by atoms with Gasteiger partial charge in [-0.1, -0.05) is 12.1 Å². The summed E-state index contributed by atoms with van der Waals surface area (Å²) in [4.78, 5) is 0. The van der Waals surface area contributed by atoms with Crippen molar-refractivity contribution in [1.82, 2.24) is 9.78 Å². The third kappa shape index (κ3) is 2.39. The minimum Gasteiger partial charge on any atom is -0.423 e. The van der Waals surface area contributed by atoms with Crippen LogP contribution in [-0.2, 0) is 6.18 Å². The van der Waals surface area contributed by atoms with Gasteiger partial charge in [0.25, 0.3) is 0 Å². The first-order valence-electron chi connectivity index (χ1n) is 4.97. The standard InChI is InChI=1S/C10H8BF3N2O2/c12-10(13,14)8-3-1-2-4-9(8)16-6-7(5-15-16)11(17)18/h1-6,17-18H. The van der Waals surface area contributed by atoms with Crippen LogP contribution in [0.25, 0.3) is 5.69 Å². The third-order valence-electron chi connectivity index (χ3n) is 2.36. The second kappa shape index (κ2) is 4.47. The summed E-state index contributed by atoms with van der Waals surface area (Å²) in [5, 5.41) is 21.5. The van der Waals surface area contributed by atoms with Gasteiger partial charge in [-0.15, -0.1) is 0 Å². The molecule has 0 saturated carbocycles. The highest BCUT2D eigenvalue weighted by Crippen LogP contribution is 2.33. The first-order chi connectivity index (χ1) is 8.39. The minimum atomic E-state index is -4.50. The molecule has 8 heteroatoms. The number of benzene rings is 1. The SMILES string of the molecule is OB(O)c1cnn(-c2ccccc2C(F)(F)F)c1. The van der Waals surface area contributed by atoms with E-state index in [1.54, 1.807) is 0 Å². The number of hydrogen-bond acceptors (Lipinski definition) is 3. The molecule has 18 heavy (non-hydrogen) atoms. The second-order valence-electron chi connectivity index (χ2n) is 3.61. The molecule has 0 radical (unpaired) electrons. The summed E-state index contributed by atoms with van der Waals surface area (Å²) in [6.07, 6.45) is -2.27. The van der Waals surface area contributed by atoms with Crippen molar-refractivity contribution in [3.05, 3.63) is 42.2 Å². The van der Waals surface area contributed by atoms with E-state index in [2.05, 4.69) is 5.10 Å². The fraction of sp³-hybridized carbons (Fsp3) is 0.100. The van der Waals surface area contributed by atoms with Gasteiger partial charge in [-0.2, -0.15) is 18.3 Å². The van der Waals surface area contributed by atoms with E-state index >= 15 is 0 Å². The van der Waals surface area contributed by atoms with Crippen molar-refractivity contribution in [3.8, 4) is 5.69 Å². The Balaban J connectivity index is 2.50. The molecule has 1 aromatic carbocycles. The van der Waals surface area contributed by atoms with Gasteiger partial charge in [-0.05, 0) is 12.1 Å². The molecule has 0 unspecified atom stereocenters. The fourth-order valence-electron chi connectivity index (χ4n) is 1.51. The van der Waals surface area contributed by atoms with Crippen LogP contribution in [0, 0.1) is 0 Å². The lowest BCUT2D eigenvalue weighted by molar-refractivity contribution is -0.137. The summed E-state index contributed by atoms with van der Waals surface area (Å²) in [6.45, 7) is 0. The van der Waals surface area contributed by atoms with Crippen LogP contribution in [0.5, 0.6) is 0 Å². The van der Waals surface area contributed by atoms with E-state index in [-0.39, 0.29) is 11.2 Å². The van der Waals surface area contributed by atoms with Crippen molar-refractivity contribution >= 4 is 12.6 Å². The molecule has 0 amide bonds. The Bertz CT molecular complexity index is 554. The molecule has 0 spiro atoms. The van der Waals surface area contributed by atoms with Crippen molar-refractivity contribution in [2.24, 2.45) is 0 Å². The molecule has 0 aliphatic rings. The minimum absolute atomic E-state index is 0.0203. The largest absolute Gasteiger partial charge is 0.491 e. The molecule has 4 nitrogen and oxygen atoms in total. The predicted molar refractivity (Wildman–Crippen MR) is 58.4 cm³/mol. The van der Waals surface area contributed by atoms with Gasteiger partial charge in [-0.25, -0.2) is 4.68 Å². The molecule has 0 aliphatic heterocycles. The number of nitrogens with zero attached hydrogens (tertiary/aromatic N) is 2. The lowest BCUT2D eigenvalue weighted by Gasteiger charge is -2.12. The van der Waals surface area contributed by atoms with Crippen LogP contribution in [0.2, 0.25) is 0 Å². The first kappa shape index (κ1) is 12.7. The molecule has 2 N–H and O–H groups in total. The lowest BCUT2D eigenvalue weighted by Crippen LogP contribution is -2.28. The molecule has 1 aromatic heterocycles. The summed E-state index contributed by atoms with van der Waals surface area (Å²) in [5.41, 5.74) is -0.990. The summed E-state index contributed by atoms with van der Waals surface area (Å²) in [6, 6.07) is 4.91. The molecule has 0 saturated heterocycles. The zero-order valence-electron chi connectivity index (χ0n) is 8.96. The number of para-hydroxylation sites is 1. The third-order valence-corrected chi connectivity index (χ3v) is 2.36. The Labute approximate surface area is 100 Å². The number of alkyl halides is 3. The summed E-state index contributed by atoms with van der Waals surface area (Å²) in [7, 11) is -1.77. The van der Waals surface area contributed by atoms with Gasteiger partial charge in [0.15, 0.2) is 0 Å². The molecule has 0 bridgehead atoms. The maximum atomic E-state index is 12.8. The van der Waals surface area contributed by atoms with Gasteiger partial charge in [0.1, 0.15) is 0 Å². The van der Waals surface area contributed by atoms with Crippen molar-refractivity contribution in [2.75, 3.05) is 0 Å². The van der Waals surface area contributed by atoms with Crippen LogP contribution in [0.1, 0.15) is 5.56 Å². The maximum Gasteiger partial charge on any atom is 0.491 e. The van der Waals surface area contributed by atoms with Gasteiger partial charge < -0.3 is 10.0 Å². The topological polar surface area (TPSA) is 58.3 Å². The smallest absolute Gasteiger partial charge is 0.423 e. The number of hydrogen-bond donors (Lipinski definition) is 2. The molecule has 94 valence electrons. The van der Waals surface area contributed by atoms with Gasteiger partial charge in [0.05, 0.1) is 11.3 Å². The normalized spacial score (nSPS) is 11.6. The monoisotopic (exact) mass is 256 g/mol. The fourth-order valence-corrected chi connectivity index (χ4v) is 1.51. The predicted octanol–water partition coefficient (Wildman–Crippen LogP) is 0.571. The van der Waals surface area contributed by atoms with Gasteiger partial charge >= 0.3 is 13.3 Å². The number of aromatic nitrogens is 2. The molecule has 0 aliphatic carbocycles. The van der Waals surface area contributed by atoms with E-state index < -0.39 is 18.9 Å². The highest BCUT2D eigenvalue weighted by molar-refractivity contribution is 6.58. The summed E-state index contributed by atoms with van der Waals surface area (Å²) >= 11 is 0. The Morgan fingerprint density at radius 2 is 1.83 bits per heavy atom. The zero-order chi connectivity index (χ0) is 13.3. The van der Waals surface area contributed by atoms with Gasteiger partial charge in [-0.3, -0.25) is 0 Å². The molecular weight excluding hydrogens is 248 g/mol. The van der Waals surface area contributed by atoms with E-state index in [9.17, 15) is 13.2 Å². The van der Waals surface area contributed by atoms with Crippen molar-refractivity contribution in [3.63, 3.8) is 0 Å². The maximum absolute atomic E-state index is 12.8. The molecule has 2 aromatic rings. The van der Waals surface area contributed by atoms with E-state index in [0.717, 1.165) is 23.1 Å². The van der Waals surface area contributed by atoms with Crippen molar-refractivity contribution in [2.45, 2.75) is 6.18 Å². The molecule has 0 fully saturated rings. The lowest BCUT2D eigenvalue weighted by atomic mass is 9.83. The van der Waals surface area contributed by atoms with Gasteiger partial charge in [0.2, 0.25) is 0 Å². The molecule has 0 atom stereocenters. The van der Waals surface area contributed by atoms with E-state index in [0.29, 0.717) is 0 Å².